The summed E-state index contributed by atoms with van der Waals surface area (Å²) >= 11 is 0. The lowest BCUT2D eigenvalue weighted by Crippen LogP contribution is -2.33. The maximum Gasteiger partial charge on any atom is 0.229 e. The van der Waals surface area contributed by atoms with Crippen molar-refractivity contribution in [1.29, 1.82) is 0 Å². The smallest absolute Gasteiger partial charge is 0.229 e. The molecule has 20 heavy (non-hydrogen) atoms. The van der Waals surface area contributed by atoms with Gasteiger partial charge in [-0.25, -0.2) is 0 Å². The molecule has 1 heterocycles. The van der Waals surface area contributed by atoms with Crippen molar-refractivity contribution in [2.75, 3.05) is 25.0 Å². The summed E-state index contributed by atoms with van der Waals surface area (Å²) in [5.74, 6) is 0.0233. The molecule has 1 saturated carbocycles. The lowest BCUT2D eigenvalue weighted by molar-refractivity contribution is -0.122. The zero-order valence-corrected chi connectivity index (χ0v) is 11.7. The van der Waals surface area contributed by atoms with Crippen molar-refractivity contribution in [3.8, 4) is 0 Å². The van der Waals surface area contributed by atoms with E-state index >= 15 is 0 Å². The minimum absolute atomic E-state index is 0.0716. The number of fused-ring (bicyclic) bond motifs is 1. The third kappa shape index (κ3) is 2.96. The molecule has 1 unspecified atom stereocenters. The second-order valence-corrected chi connectivity index (χ2v) is 5.59. The van der Waals surface area contributed by atoms with Crippen molar-refractivity contribution in [2.24, 2.45) is 0 Å². The standard InChI is InChI=1S/C16H22N2O2/c19-16(17-9-10-20-12-5-1-2-6-12)14-11-18-15-8-4-3-7-13(14)15/h3-4,7-8,12,14,18H,1-2,5-6,9-11H2,(H,17,19). The van der Waals surface area contributed by atoms with E-state index in [-0.39, 0.29) is 11.8 Å². The summed E-state index contributed by atoms with van der Waals surface area (Å²) in [4.78, 5) is 12.2. The molecule has 1 aliphatic carbocycles. The Labute approximate surface area is 119 Å². The molecule has 1 aromatic carbocycles. The highest BCUT2D eigenvalue weighted by molar-refractivity contribution is 5.88. The van der Waals surface area contributed by atoms with Crippen molar-refractivity contribution in [3.63, 3.8) is 0 Å². The van der Waals surface area contributed by atoms with Crippen LogP contribution in [0.15, 0.2) is 24.3 Å². The Hall–Kier alpha value is -1.55. The summed E-state index contributed by atoms with van der Waals surface area (Å²) in [5, 5.41) is 6.26. The minimum atomic E-state index is -0.0716. The van der Waals surface area contributed by atoms with E-state index in [1.807, 2.05) is 24.3 Å². The van der Waals surface area contributed by atoms with Crippen molar-refractivity contribution < 1.29 is 9.53 Å². The summed E-state index contributed by atoms with van der Waals surface area (Å²) in [7, 11) is 0. The van der Waals surface area contributed by atoms with Crippen LogP contribution in [0.4, 0.5) is 5.69 Å². The van der Waals surface area contributed by atoms with Gasteiger partial charge >= 0.3 is 0 Å². The highest BCUT2D eigenvalue weighted by atomic mass is 16.5. The molecule has 0 bridgehead atoms. The van der Waals surface area contributed by atoms with Gasteiger partial charge in [0.05, 0.1) is 18.6 Å². The van der Waals surface area contributed by atoms with Gasteiger partial charge in [0.25, 0.3) is 0 Å². The first-order valence-electron chi connectivity index (χ1n) is 7.57. The van der Waals surface area contributed by atoms with E-state index in [1.54, 1.807) is 0 Å². The van der Waals surface area contributed by atoms with Crippen LogP contribution in [0.2, 0.25) is 0 Å². The van der Waals surface area contributed by atoms with Gasteiger partial charge in [-0.3, -0.25) is 4.79 Å². The number of para-hydroxylation sites is 1. The molecular weight excluding hydrogens is 252 g/mol. The molecule has 3 rings (SSSR count). The molecule has 108 valence electrons. The molecule has 0 spiro atoms. The quantitative estimate of drug-likeness (QED) is 0.810. The molecule has 1 fully saturated rings. The first-order valence-corrected chi connectivity index (χ1v) is 7.57. The van der Waals surface area contributed by atoms with Crippen LogP contribution in [0.3, 0.4) is 0 Å². The second-order valence-electron chi connectivity index (χ2n) is 5.59. The number of carbonyl (C=O) groups is 1. The Bertz CT molecular complexity index is 469. The second kappa shape index (κ2) is 6.27. The topological polar surface area (TPSA) is 50.4 Å². The lowest BCUT2D eigenvalue weighted by Gasteiger charge is -2.13. The van der Waals surface area contributed by atoms with Gasteiger partial charge in [0, 0.05) is 18.8 Å². The zero-order chi connectivity index (χ0) is 13.8. The highest BCUT2D eigenvalue weighted by Gasteiger charge is 2.27. The Morgan fingerprint density at radius 3 is 2.95 bits per heavy atom. The summed E-state index contributed by atoms with van der Waals surface area (Å²) in [6.07, 6.45) is 5.32. The van der Waals surface area contributed by atoms with Gasteiger partial charge < -0.3 is 15.4 Å². The first-order chi connectivity index (χ1) is 9.84. The minimum Gasteiger partial charge on any atom is -0.384 e. The molecule has 1 atom stereocenters. The Kier molecular flexibility index (Phi) is 4.21. The van der Waals surface area contributed by atoms with Crippen molar-refractivity contribution >= 4 is 11.6 Å². The molecule has 0 aromatic heterocycles. The van der Waals surface area contributed by atoms with Gasteiger partial charge in [0.2, 0.25) is 5.91 Å². The molecule has 2 N–H and O–H groups in total. The number of rotatable bonds is 5. The van der Waals surface area contributed by atoms with Gasteiger partial charge in [-0.05, 0) is 24.5 Å². The van der Waals surface area contributed by atoms with E-state index in [0.29, 0.717) is 25.8 Å². The van der Waals surface area contributed by atoms with Gasteiger partial charge in [0.15, 0.2) is 0 Å². The van der Waals surface area contributed by atoms with Crippen LogP contribution >= 0.6 is 0 Å². The molecule has 4 heteroatoms. The number of hydrogen-bond donors (Lipinski definition) is 2. The number of ether oxygens (including phenoxy) is 1. The lowest BCUT2D eigenvalue weighted by atomic mass is 10.0. The van der Waals surface area contributed by atoms with Gasteiger partial charge in [0.1, 0.15) is 0 Å². The molecule has 1 aliphatic heterocycles. The first kappa shape index (κ1) is 13.4. The van der Waals surface area contributed by atoms with Crippen LogP contribution in [0.25, 0.3) is 0 Å². The molecular formula is C16H22N2O2. The molecule has 0 saturated heterocycles. The normalized spacial score (nSPS) is 21.5. The number of amides is 1. The summed E-state index contributed by atoms with van der Waals surface area (Å²) in [5.41, 5.74) is 2.18. The summed E-state index contributed by atoms with van der Waals surface area (Å²) < 4.78 is 5.76. The predicted octanol–water partition coefficient (Wildman–Crippen LogP) is 2.27. The maximum atomic E-state index is 12.2. The Balaban J connectivity index is 1.43. The average Bonchev–Trinajstić information content (AvgIpc) is 3.12. The number of benzene rings is 1. The molecule has 4 nitrogen and oxygen atoms in total. The predicted molar refractivity (Wildman–Crippen MR) is 78.9 cm³/mol. The number of carbonyl (C=O) groups excluding carboxylic acids is 1. The van der Waals surface area contributed by atoms with Crippen LogP contribution in [0.1, 0.15) is 37.2 Å². The van der Waals surface area contributed by atoms with Crippen molar-refractivity contribution in [1.82, 2.24) is 5.32 Å². The molecule has 1 amide bonds. The molecule has 0 radical (unpaired) electrons. The van der Waals surface area contributed by atoms with Crippen LogP contribution in [-0.4, -0.2) is 31.7 Å². The van der Waals surface area contributed by atoms with Crippen LogP contribution in [-0.2, 0) is 9.53 Å². The van der Waals surface area contributed by atoms with Gasteiger partial charge in [-0.1, -0.05) is 31.0 Å². The third-order valence-corrected chi connectivity index (χ3v) is 4.21. The van der Waals surface area contributed by atoms with Crippen molar-refractivity contribution in [3.05, 3.63) is 29.8 Å². The summed E-state index contributed by atoms with van der Waals surface area (Å²) in [6, 6.07) is 8.01. The third-order valence-electron chi connectivity index (χ3n) is 4.21. The van der Waals surface area contributed by atoms with E-state index in [4.69, 9.17) is 4.74 Å². The van der Waals surface area contributed by atoms with E-state index in [2.05, 4.69) is 10.6 Å². The fourth-order valence-electron chi connectivity index (χ4n) is 3.10. The number of anilines is 1. The van der Waals surface area contributed by atoms with E-state index in [0.717, 1.165) is 11.3 Å². The number of hydrogen-bond acceptors (Lipinski definition) is 3. The van der Waals surface area contributed by atoms with Crippen LogP contribution in [0.5, 0.6) is 0 Å². The zero-order valence-electron chi connectivity index (χ0n) is 11.7. The van der Waals surface area contributed by atoms with Gasteiger partial charge in [-0.2, -0.15) is 0 Å². The monoisotopic (exact) mass is 274 g/mol. The fraction of sp³-hybridized carbons (Fsp3) is 0.562. The number of nitrogens with one attached hydrogen (secondary N) is 2. The average molecular weight is 274 g/mol. The fourth-order valence-corrected chi connectivity index (χ4v) is 3.10. The molecule has 2 aliphatic rings. The molecule has 1 aromatic rings. The summed E-state index contributed by atoms with van der Waals surface area (Å²) in [6.45, 7) is 1.92. The van der Waals surface area contributed by atoms with Gasteiger partial charge in [-0.15, -0.1) is 0 Å². The van der Waals surface area contributed by atoms with E-state index in [9.17, 15) is 4.79 Å². The van der Waals surface area contributed by atoms with Crippen LogP contribution < -0.4 is 10.6 Å². The van der Waals surface area contributed by atoms with E-state index < -0.39 is 0 Å². The Morgan fingerprint density at radius 1 is 1.30 bits per heavy atom. The maximum absolute atomic E-state index is 12.2. The SMILES string of the molecule is O=C(NCCOC1CCCC1)C1CNc2ccccc21. The van der Waals surface area contributed by atoms with Crippen LogP contribution in [0, 0.1) is 0 Å². The largest absolute Gasteiger partial charge is 0.384 e. The van der Waals surface area contributed by atoms with E-state index in [1.165, 1.54) is 25.7 Å². The highest BCUT2D eigenvalue weighted by Crippen LogP contribution is 2.30. The Morgan fingerprint density at radius 2 is 2.10 bits per heavy atom. The van der Waals surface area contributed by atoms with Crippen molar-refractivity contribution in [2.45, 2.75) is 37.7 Å².